The zero-order valence-corrected chi connectivity index (χ0v) is 13.9. The van der Waals surface area contributed by atoms with Crippen LogP contribution in [0.2, 0.25) is 15.1 Å². The fourth-order valence-corrected chi connectivity index (χ4v) is 2.37. The van der Waals surface area contributed by atoms with E-state index >= 15 is 0 Å². The van der Waals surface area contributed by atoms with E-state index < -0.39 is 6.29 Å². The Labute approximate surface area is 143 Å². The Balaban J connectivity index is 2.20. The van der Waals surface area contributed by atoms with Crippen molar-refractivity contribution in [3.05, 3.63) is 63.6 Å². The second kappa shape index (κ2) is 7.63. The minimum absolute atomic E-state index is 0.0384. The van der Waals surface area contributed by atoms with E-state index in [1.54, 1.807) is 36.4 Å². The zero-order chi connectivity index (χ0) is 16.1. The van der Waals surface area contributed by atoms with Gasteiger partial charge in [-0.3, -0.25) is 0 Å². The van der Waals surface area contributed by atoms with E-state index in [1.165, 1.54) is 12.1 Å². The molecule has 116 valence electrons. The van der Waals surface area contributed by atoms with Crippen molar-refractivity contribution in [2.75, 3.05) is 0 Å². The van der Waals surface area contributed by atoms with Crippen molar-refractivity contribution in [2.45, 2.75) is 13.2 Å². The van der Waals surface area contributed by atoms with Gasteiger partial charge in [-0.25, -0.2) is 0 Å². The van der Waals surface area contributed by atoms with Crippen LogP contribution < -0.4 is 9.47 Å². The van der Waals surface area contributed by atoms with Crippen LogP contribution in [0.15, 0.2) is 48.6 Å². The highest BCUT2D eigenvalue weighted by Gasteiger charge is 2.15. The topological polar surface area (TPSA) is 38.7 Å². The summed E-state index contributed by atoms with van der Waals surface area (Å²) in [4.78, 5) is 0. The van der Waals surface area contributed by atoms with Crippen LogP contribution in [0.1, 0.15) is 6.92 Å². The van der Waals surface area contributed by atoms with E-state index in [-0.39, 0.29) is 21.5 Å². The molecule has 0 spiro atoms. The molecular formula is C16H13Cl3O3. The van der Waals surface area contributed by atoms with E-state index in [4.69, 9.17) is 44.3 Å². The number of phenolic OH excluding ortho intramolecular Hbond substituents is 1. The van der Waals surface area contributed by atoms with E-state index in [9.17, 15) is 5.11 Å². The molecule has 0 fully saturated rings. The number of hydrogen-bond acceptors (Lipinski definition) is 3. The lowest BCUT2D eigenvalue weighted by Crippen LogP contribution is -2.21. The molecule has 2 aromatic rings. The van der Waals surface area contributed by atoms with Crippen LogP contribution in [0.4, 0.5) is 0 Å². The second-order valence-corrected chi connectivity index (χ2v) is 5.57. The van der Waals surface area contributed by atoms with Gasteiger partial charge in [-0.15, -0.1) is 0 Å². The van der Waals surface area contributed by atoms with Crippen molar-refractivity contribution in [1.29, 1.82) is 0 Å². The molecule has 0 aliphatic carbocycles. The summed E-state index contributed by atoms with van der Waals surface area (Å²) in [6.45, 7) is 1.83. The Hall–Kier alpha value is -1.55. The second-order valence-electron chi connectivity index (χ2n) is 4.32. The van der Waals surface area contributed by atoms with Gasteiger partial charge in [0.25, 0.3) is 6.29 Å². The largest absolute Gasteiger partial charge is 0.508 e. The molecule has 0 amide bonds. The van der Waals surface area contributed by atoms with Crippen LogP contribution >= 0.6 is 34.8 Å². The van der Waals surface area contributed by atoms with Crippen molar-refractivity contribution in [3.8, 4) is 17.2 Å². The predicted molar refractivity (Wildman–Crippen MR) is 89.4 cm³/mol. The molecule has 1 N–H and O–H groups in total. The molecule has 0 bridgehead atoms. The van der Waals surface area contributed by atoms with Gasteiger partial charge in [0.1, 0.15) is 11.5 Å². The summed E-state index contributed by atoms with van der Waals surface area (Å²) in [5, 5.41) is 10.4. The highest BCUT2D eigenvalue weighted by Crippen LogP contribution is 2.37. The lowest BCUT2D eigenvalue weighted by atomic mass is 10.3. The number of aromatic hydroxyl groups is 1. The SMILES string of the molecule is C/C=C\C(Oc1ccc(Cl)cc1)Oc1c(Cl)cc(O)cc1Cl. The zero-order valence-electron chi connectivity index (χ0n) is 11.6. The Morgan fingerprint density at radius 2 is 1.59 bits per heavy atom. The molecular weight excluding hydrogens is 347 g/mol. The maximum Gasteiger partial charge on any atom is 0.260 e. The van der Waals surface area contributed by atoms with Crippen LogP contribution in [0.3, 0.4) is 0 Å². The normalized spacial score (nSPS) is 12.4. The fraction of sp³-hybridized carbons (Fsp3) is 0.125. The van der Waals surface area contributed by atoms with Crippen LogP contribution in [-0.2, 0) is 0 Å². The highest BCUT2D eigenvalue weighted by molar-refractivity contribution is 6.37. The number of hydrogen-bond donors (Lipinski definition) is 1. The van der Waals surface area contributed by atoms with Gasteiger partial charge in [0.05, 0.1) is 10.0 Å². The lowest BCUT2D eigenvalue weighted by molar-refractivity contribution is 0.0472. The van der Waals surface area contributed by atoms with Crippen molar-refractivity contribution in [3.63, 3.8) is 0 Å². The maximum atomic E-state index is 9.43. The minimum Gasteiger partial charge on any atom is -0.508 e. The first-order valence-electron chi connectivity index (χ1n) is 6.39. The van der Waals surface area contributed by atoms with Crippen LogP contribution in [0, 0.1) is 0 Å². The van der Waals surface area contributed by atoms with Gasteiger partial charge in [-0.05, 0) is 37.3 Å². The molecule has 1 atom stereocenters. The molecule has 0 saturated carbocycles. The first kappa shape index (κ1) is 16.8. The van der Waals surface area contributed by atoms with Gasteiger partial charge in [-0.2, -0.15) is 0 Å². The summed E-state index contributed by atoms with van der Waals surface area (Å²) >= 11 is 17.9. The average molecular weight is 360 g/mol. The first-order valence-corrected chi connectivity index (χ1v) is 7.52. The van der Waals surface area contributed by atoms with E-state index in [0.717, 1.165) is 0 Å². The standard InChI is InChI=1S/C16H13Cl3O3/c1-2-3-15(21-12-6-4-10(17)5-7-12)22-16-13(18)8-11(20)9-14(16)19/h2-9,15,20H,1H3/b3-2-. The monoisotopic (exact) mass is 358 g/mol. The molecule has 3 nitrogen and oxygen atoms in total. The van der Waals surface area contributed by atoms with Gasteiger partial charge in [-0.1, -0.05) is 40.9 Å². The fourth-order valence-electron chi connectivity index (χ4n) is 1.68. The number of phenols is 1. The number of benzene rings is 2. The van der Waals surface area contributed by atoms with Crippen molar-refractivity contribution in [1.82, 2.24) is 0 Å². The Morgan fingerprint density at radius 3 is 2.14 bits per heavy atom. The summed E-state index contributed by atoms with van der Waals surface area (Å²) in [6, 6.07) is 9.56. The number of ether oxygens (including phenoxy) is 2. The lowest BCUT2D eigenvalue weighted by Gasteiger charge is -2.19. The molecule has 0 aliphatic rings. The number of rotatable bonds is 5. The third-order valence-electron chi connectivity index (χ3n) is 2.63. The maximum absolute atomic E-state index is 9.43. The summed E-state index contributed by atoms with van der Waals surface area (Å²) in [5.41, 5.74) is 0. The van der Waals surface area contributed by atoms with E-state index in [1.807, 2.05) is 6.92 Å². The highest BCUT2D eigenvalue weighted by atomic mass is 35.5. The summed E-state index contributed by atoms with van der Waals surface area (Å²) in [6.07, 6.45) is 2.75. The Morgan fingerprint density at radius 1 is 1.00 bits per heavy atom. The van der Waals surface area contributed by atoms with Gasteiger partial charge in [0, 0.05) is 17.2 Å². The van der Waals surface area contributed by atoms with Crippen LogP contribution in [0.25, 0.3) is 0 Å². The van der Waals surface area contributed by atoms with Gasteiger partial charge in [0.15, 0.2) is 5.75 Å². The first-order chi connectivity index (χ1) is 10.5. The van der Waals surface area contributed by atoms with Crippen molar-refractivity contribution < 1.29 is 14.6 Å². The summed E-state index contributed by atoms with van der Waals surface area (Å²) in [5.74, 6) is 0.778. The molecule has 0 aromatic heterocycles. The number of allylic oxidation sites excluding steroid dienone is 1. The van der Waals surface area contributed by atoms with Crippen molar-refractivity contribution in [2.24, 2.45) is 0 Å². The molecule has 1 unspecified atom stereocenters. The summed E-state index contributed by atoms with van der Waals surface area (Å²) in [7, 11) is 0. The van der Waals surface area contributed by atoms with E-state index in [0.29, 0.717) is 10.8 Å². The molecule has 0 radical (unpaired) electrons. The molecule has 22 heavy (non-hydrogen) atoms. The third kappa shape index (κ3) is 4.47. The van der Waals surface area contributed by atoms with Gasteiger partial charge in [0.2, 0.25) is 0 Å². The molecule has 0 heterocycles. The van der Waals surface area contributed by atoms with Gasteiger partial charge >= 0.3 is 0 Å². The number of halogens is 3. The average Bonchev–Trinajstić information content (AvgIpc) is 2.45. The quantitative estimate of drug-likeness (QED) is 0.548. The molecule has 2 rings (SSSR count). The smallest absolute Gasteiger partial charge is 0.260 e. The summed E-state index contributed by atoms with van der Waals surface area (Å²) < 4.78 is 11.4. The van der Waals surface area contributed by atoms with Crippen LogP contribution in [0.5, 0.6) is 17.2 Å². The molecule has 0 aliphatic heterocycles. The molecule has 2 aromatic carbocycles. The predicted octanol–water partition coefficient (Wildman–Crippen LogP) is 5.71. The van der Waals surface area contributed by atoms with E-state index in [2.05, 4.69) is 0 Å². The van der Waals surface area contributed by atoms with Crippen LogP contribution in [-0.4, -0.2) is 11.4 Å². The van der Waals surface area contributed by atoms with Gasteiger partial charge < -0.3 is 14.6 Å². The molecule has 0 saturated heterocycles. The minimum atomic E-state index is -0.731. The van der Waals surface area contributed by atoms with Crippen molar-refractivity contribution >= 4 is 34.8 Å². The Bertz CT molecular complexity index is 646. The third-order valence-corrected chi connectivity index (χ3v) is 3.45. The molecule has 6 heteroatoms. The Kier molecular flexibility index (Phi) is 5.83.